The Bertz CT molecular complexity index is 1010. The lowest BCUT2D eigenvalue weighted by Gasteiger charge is -2.03. The lowest BCUT2D eigenvalue weighted by atomic mass is 10.2. The number of benzene rings is 1. The summed E-state index contributed by atoms with van der Waals surface area (Å²) in [7, 11) is 0. The van der Waals surface area contributed by atoms with Crippen molar-refractivity contribution in [3.05, 3.63) is 59.3 Å². The van der Waals surface area contributed by atoms with Crippen LogP contribution >= 0.6 is 11.6 Å². The normalized spacial score (nSPS) is 11.1. The van der Waals surface area contributed by atoms with Crippen LogP contribution in [0.25, 0.3) is 16.9 Å². The number of fused-ring (bicyclic) bond motifs is 1. The zero-order chi connectivity index (χ0) is 16.5. The molecular weight excluding hydrogens is 328 g/mol. The molecule has 24 heavy (non-hydrogen) atoms. The molecule has 8 heteroatoms. The molecule has 0 saturated carbocycles. The van der Waals surface area contributed by atoms with Crippen LogP contribution in [0, 0.1) is 6.92 Å². The quantitative estimate of drug-likeness (QED) is 0.613. The van der Waals surface area contributed by atoms with E-state index in [0.717, 1.165) is 16.8 Å². The van der Waals surface area contributed by atoms with Crippen molar-refractivity contribution in [3.63, 3.8) is 0 Å². The molecule has 0 aliphatic carbocycles. The minimum Gasteiger partial charge on any atom is -0.359 e. The van der Waals surface area contributed by atoms with E-state index in [2.05, 4.69) is 25.5 Å². The Morgan fingerprint density at radius 2 is 2.21 bits per heavy atom. The first-order valence-electron chi connectivity index (χ1n) is 7.32. The molecule has 4 aromatic rings. The third kappa shape index (κ3) is 2.81. The molecule has 0 unspecified atom stereocenters. The van der Waals surface area contributed by atoms with Gasteiger partial charge in [0.25, 0.3) is 0 Å². The summed E-state index contributed by atoms with van der Waals surface area (Å²) in [4.78, 5) is 8.71. The Labute approximate surface area is 142 Å². The predicted molar refractivity (Wildman–Crippen MR) is 89.8 cm³/mol. The summed E-state index contributed by atoms with van der Waals surface area (Å²) < 4.78 is 7.05. The van der Waals surface area contributed by atoms with E-state index >= 15 is 0 Å². The highest BCUT2D eigenvalue weighted by molar-refractivity contribution is 6.30. The topological polar surface area (TPSA) is 81.1 Å². The van der Waals surface area contributed by atoms with Gasteiger partial charge in [-0.2, -0.15) is 10.1 Å². The van der Waals surface area contributed by atoms with E-state index in [1.54, 1.807) is 29.0 Å². The van der Waals surface area contributed by atoms with Gasteiger partial charge in [0.05, 0.1) is 12.2 Å². The van der Waals surface area contributed by atoms with Crippen LogP contribution in [0.5, 0.6) is 0 Å². The van der Waals surface area contributed by atoms with Crippen molar-refractivity contribution in [3.8, 4) is 11.4 Å². The molecule has 0 amide bonds. The zero-order valence-electron chi connectivity index (χ0n) is 12.8. The van der Waals surface area contributed by atoms with Gasteiger partial charge in [-0.05, 0) is 25.1 Å². The summed E-state index contributed by atoms with van der Waals surface area (Å²) in [5.41, 5.74) is 2.63. The number of nitrogens with zero attached hydrogens (tertiary/aromatic N) is 5. The van der Waals surface area contributed by atoms with Crippen molar-refractivity contribution in [2.75, 3.05) is 5.32 Å². The first-order valence-corrected chi connectivity index (χ1v) is 7.70. The van der Waals surface area contributed by atoms with Crippen molar-refractivity contribution >= 4 is 22.9 Å². The Balaban J connectivity index is 1.54. The fourth-order valence-corrected chi connectivity index (χ4v) is 2.60. The van der Waals surface area contributed by atoms with Gasteiger partial charge in [0.15, 0.2) is 5.82 Å². The number of anilines is 1. The molecule has 1 N–H and O–H groups in total. The molecule has 0 aliphatic heterocycles. The van der Waals surface area contributed by atoms with E-state index in [0.29, 0.717) is 29.1 Å². The second kappa shape index (κ2) is 5.93. The maximum absolute atomic E-state index is 5.99. The number of aryl methyl sites for hydroxylation is 1. The number of hydrogen-bond donors (Lipinski definition) is 1. The van der Waals surface area contributed by atoms with E-state index < -0.39 is 0 Å². The predicted octanol–water partition coefficient (Wildman–Crippen LogP) is 3.35. The standard InChI is InChI=1S/C16H13ClN6O/c1-10-7-13-16(18-5-6-23(13)21-10)19-9-14-20-15(22-24-14)11-3-2-4-12(17)8-11/h2-8H,9H2,1H3,(H,18,19). The average Bonchev–Trinajstić information content (AvgIpc) is 3.18. The Kier molecular flexibility index (Phi) is 3.62. The molecule has 0 atom stereocenters. The van der Waals surface area contributed by atoms with Crippen LogP contribution in [-0.4, -0.2) is 24.7 Å². The molecule has 0 aliphatic rings. The average molecular weight is 341 g/mol. The van der Waals surface area contributed by atoms with Crippen LogP contribution in [0.4, 0.5) is 5.82 Å². The molecule has 0 fully saturated rings. The molecule has 3 aromatic heterocycles. The van der Waals surface area contributed by atoms with E-state index in [1.807, 2.05) is 25.1 Å². The smallest absolute Gasteiger partial charge is 0.246 e. The van der Waals surface area contributed by atoms with Crippen LogP contribution in [-0.2, 0) is 6.54 Å². The van der Waals surface area contributed by atoms with Crippen LogP contribution in [0.1, 0.15) is 11.6 Å². The van der Waals surface area contributed by atoms with Gasteiger partial charge in [0.1, 0.15) is 5.52 Å². The van der Waals surface area contributed by atoms with Crippen LogP contribution < -0.4 is 5.32 Å². The van der Waals surface area contributed by atoms with E-state index in [-0.39, 0.29) is 0 Å². The largest absolute Gasteiger partial charge is 0.359 e. The van der Waals surface area contributed by atoms with Crippen molar-refractivity contribution in [1.29, 1.82) is 0 Å². The Morgan fingerprint density at radius 3 is 3.08 bits per heavy atom. The third-order valence-corrected chi connectivity index (χ3v) is 3.71. The fourth-order valence-electron chi connectivity index (χ4n) is 2.41. The summed E-state index contributed by atoms with van der Waals surface area (Å²) in [6, 6.07) is 9.28. The highest BCUT2D eigenvalue weighted by atomic mass is 35.5. The maximum Gasteiger partial charge on any atom is 0.246 e. The molecule has 120 valence electrons. The van der Waals surface area contributed by atoms with Crippen molar-refractivity contribution in [1.82, 2.24) is 24.7 Å². The Hall–Kier alpha value is -2.93. The van der Waals surface area contributed by atoms with Gasteiger partial charge in [-0.25, -0.2) is 9.50 Å². The van der Waals surface area contributed by atoms with Crippen molar-refractivity contribution in [2.45, 2.75) is 13.5 Å². The Morgan fingerprint density at radius 1 is 1.29 bits per heavy atom. The molecule has 3 heterocycles. The van der Waals surface area contributed by atoms with Gasteiger partial charge in [-0.3, -0.25) is 0 Å². The SMILES string of the molecule is Cc1cc2c(NCc3nc(-c4cccc(Cl)c4)no3)nccn2n1. The lowest BCUT2D eigenvalue weighted by Crippen LogP contribution is -2.03. The summed E-state index contributed by atoms with van der Waals surface area (Å²) in [5, 5.41) is 12.2. The molecule has 7 nitrogen and oxygen atoms in total. The second-order valence-corrected chi connectivity index (χ2v) is 5.70. The van der Waals surface area contributed by atoms with E-state index in [9.17, 15) is 0 Å². The minimum absolute atomic E-state index is 0.366. The molecule has 1 aromatic carbocycles. The van der Waals surface area contributed by atoms with Gasteiger partial charge >= 0.3 is 0 Å². The fraction of sp³-hybridized carbons (Fsp3) is 0.125. The molecule has 4 rings (SSSR count). The van der Waals surface area contributed by atoms with Crippen LogP contribution in [0.3, 0.4) is 0 Å². The number of halogens is 1. The van der Waals surface area contributed by atoms with Crippen molar-refractivity contribution < 1.29 is 4.52 Å². The maximum atomic E-state index is 5.99. The summed E-state index contributed by atoms with van der Waals surface area (Å²) in [6.45, 7) is 2.30. The van der Waals surface area contributed by atoms with Gasteiger partial charge in [-0.1, -0.05) is 28.9 Å². The van der Waals surface area contributed by atoms with E-state index in [1.165, 1.54) is 0 Å². The highest BCUT2D eigenvalue weighted by Gasteiger charge is 2.10. The third-order valence-electron chi connectivity index (χ3n) is 3.47. The lowest BCUT2D eigenvalue weighted by molar-refractivity contribution is 0.384. The van der Waals surface area contributed by atoms with Crippen LogP contribution in [0.15, 0.2) is 47.2 Å². The highest BCUT2D eigenvalue weighted by Crippen LogP contribution is 2.20. The molecular formula is C16H13ClN6O. The summed E-state index contributed by atoms with van der Waals surface area (Å²) in [5.74, 6) is 1.67. The van der Waals surface area contributed by atoms with Crippen LogP contribution in [0.2, 0.25) is 5.02 Å². The van der Waals surface area contributed by atoms with Gasteiger partial charge in [0.2, 0.25) is 11.7 Å². The van der Waals surface area contributed by atoms with Gasteiger partial charge < -0.3 is 9.84 Å². The molecule has 0 radical (unpaired) electrons. The number of nitrogens with one attached hydrogen (secondary N) is 1. The molecule has 0 bridgehead atoms. The van der Waals surface area contributed by atoms with Gasteiger partial charge in [0, 0.05) is 23.0 Å². The monoisotopic (exact) mass is 340 g/mol. The summed E-state index contributed by atoms with van der Waals surface area (Å²) in [6.07, 6.45) is 3.49. The van der Waals surface area contributed by atoms with Gasteiger partial charge in [-0.15, -0.1) is 0 Å². The first kappa shape index (κ1) is 14.6. The zero-order valence-corrected chi connectivity index (χ0v) is 13.5. The minimum atomic E-state index is 0.366. The molecule has 0 spiro atoms. The second-order valence-electron chi connectivity index (χ2n) is 5.27. The summed E-state index contributed by atoms with van der Waals surface area (Å²) >= 11 is 5.99. The van der Waals surface area contributed by atoms with E-state index in [4.69, 9.17) is 16.1 Å². The number of rotatable bonds is 4. The number of hydrogen-bond acceptors (Lipinski definition) is 6. The number of aromatic nitrogens is 5. The van der Waals surface area contributed by atoms with Crippen molar-refractivity contribution in [2.24, 2.45) is 0 Å². The molecule has 0 saturated heterocycles. The first-order chi connectivity index (χ1) is 11.7.